The zero-order valence-corrected chi connectivity index (χ0v) is 13.2. The van der Waals surface area contributed by atoms with Crippen molar-refractivity contribution in [3.05, 3.63) is 4.88 Å². The average Bonchev–Trinajstić information content (AvgIpc) is 3.21. The van der Waals surface area contributed by atoms with Gasteiger partial charge in [0.05, 0.1) is 0 Å². The van der Waals surface area contributed by atoms with Crippen molar-refractivity contribution in [2.75, 3.05) is 23.7 Å². The van der Waals surface area contributed by atoms with Crippen LogP contribution in [-0.4, -0.2) is 36.1 Å². The lowest BCUT2D eigenvalue weighted by Gasteiger charge is -2.30. The van der Waals surface area contributed by atoms with Crippen molar-refractivity contribution in [1.29, 1.82) is 0 Å². The lowest BCUT2D eigenvalue weighted by molar-refractivity contribution is 0.0940. The topological polar surface area (TPSA) is 97.3 Å². The maximum atomic E-state index is 12.3. The normalized spacial score (nSPS) is 23.9. The van der Waals surface area contributed by atoms with E-state index in [0.717, 1.165) is 31.1 Å². The highest BCUT2D eigenvalue weighted by atomic mass is 32.1. The molecule has 0 spiro atoms. The Kier molecular flexibility index (Phi) is 4.03. The summed E-state index contributed by atoms with van der Waals surface area (Å²) in [6.45, 7) is 3.77. The smallest absolute Gasteiger partial charge is 0.265 e. The highest BCUT2D eigenvalue weighted by Gasteiger charge is 2.30. The zero-order chi connectivity index (χ0) is 15.0. The number of rotatable bonds is 4. The van der Waals surface area contributed by atoms with Crippen LogP contribution in [0.3, 0.4) is 0 Å². The lowest BCUT2D eigenvalue weighted by Crippen LogP contribution is -2.42. The van der Waals surface area contributed by atoms with Gasteiger partial charge in [-0.1, -0.05) is 11.3 Å². The van der Waals surface area contributed by atoms with Crippen molar-refractivity contribution in [2.45, 2.75) is 44.7 Å². The van der Waals surface area contributed by atoms with Crippen molar-refractivity contribution < 1.29 is 4.79 Å². The van der Waals surface area contributed by atoms with Crippen LogP contribution in [0.15, 0.2) is 0 Å². The highest BCUT2D eigenvalue weighted by molar-refractivity contribution is 7.18. The van der Waals surface area contributed by atoms with Crippen LogP contribution in [0.1, 0.15) is 42.3 Å². The number of nitrogens with one attached hydrogen (secondary N) is 1. The fourth-order valence-corrected chi connectivity index (χ4v) is 3.71. The van der Waals surface area contributed by atoms with Crippen molar-refractivity contribution in [2.24, 2.45) is 11.7 Å². The van der Waals surface area contributed by atoms with Crippen LogP contribution in [0, 0.1) is 5.92 Å². The lowest BCUT2D eigenvalue weighted by atomic mass is 10.1. The van der Waals surface area contributed by atoms with Gasteiger partial charge < -0.3 is 21.7 Å². The SMILES string of the molecule is CC(NC(=O)c1sc(N2CCCC(N)C2)nc1N)C1CC1. The largest absolute Gasteiger partial charge is 0.382 e. The van der Waals surface area contributed by atoms with Gasteiger partial charge in [-0.3, -0.25) is 4.79 Å². The van der Waals surface area contributed by atoms with E-state index in [1.54, 1.807) is 0 Å². The quantitative estimate of drug-likeness (QED) is 0.776. The molecule has 7 heteroatoms. The standard InChI is InChI=1S/C14H23N5OS/c1-8(9-4-5-9)17-13(20)11-12(16)18-14(21-11)19-6-2-3-10(15)7-19/h8-10H,2-7,15-16H2,1H3,(H,17,20). The maximum Gasteiger partial charge on any atom is 0.265 e. The molecule has 2 fully saturated rings. The Balaban J connectivity index is 1.69. The highest BCUT2D eigenvalue weighted by Crippen LogP contribution is 2.33. The fraction of sp³-hybridized carbons (Fsp3) is 0.714. The molecule has 1 amide bonds. The van der Waals surface area contributed by atoms with Gasteiger partial charge in [-0.2, -0.15) is 0 Å². The van der Waals surface area contributed by atoms with Crippen molar-refractivity contribution in [1.82, 2.24) is 10.3 Å². The second kappa shape index (κ2) is 5.81. The van der Waals surface area contributed by atoms with Crippen molar-refractivity contribution in [3.8, 4) is 0 Å². The predicted octanol–water partition coefficient (Wildman–Crippen LogP) is 1.18. The summed E-state index contributed by atoms with van der Waals surface area (Å²) in [7, 11) is 0. The van der Waals surface area contributed by atoms with E-state index in [1.165, 1.54) is 24.2 Å². The number of nitrogen functional groups attached to an aromatic ring is 1. The summed E-state index contributed by atoms with van der Waals surface area (Å²) >= 11 is 1.37. The van der Waals surface area contributed by atoms with E-state index in [1.807, 2.05) is 0 Å². The summed E-state index contributed by atoms with van der Waals surface area (Å²) in [6, 6.07) is 0.391. The van der Waals surface area contributed by atoms with Crippen molar-refractivity contribution in [3.63, 3.8) is 0 Å². The van der Waals surface area contributed by atoms with Crippen LogP contribution in [0.2, 0.25) is 0 Å². The minimum atomic E-state index is -0.100. The van der Waals surface area contributed by atoms with Crippen LogP contribution in [0.5, 0.6) is 0 Å². The molecule has 1 aliphatic heterocycles. The minimum Gasteiger partial charge on any atom is -0.382 e. The molecule has 6 nitrogen and oxygen atoms in total. The Morgan fingerprint density at radius 1 is 1.48 bits per heavy atom. The van der Waals surface area contributed by atoms with Gasteiger partial charge in [0.25, 0.3) is 5.91 Å². The summed E-state index contributed by atoms with van der Waals surface area (Å²) in [5.41, 5.74) is 11.9. The molecule has 0 aromatic carbocycles. The molecule has 0 bridgehead atoms. The van der Waals surface area contributed by atoms with Gasteiger partial charge in [0.15, 0.2) is 5.13 Å². The first-order chi connectivity index (χ1) is 10.0. The number of aromatic nitrogens is 1. The number of thiazole rings is 1. The summed E-state index contributed by atoms with van der Waals surface area (Å²) < 4.78 is 0. The van der Waals surface area contributed by atoms with Crippen LogP contribution in [0.25, 0.3) is 0 Å². The van der Waals surface area contributed by atoms with E-state index >= 15 is 0 Å². The summed E-state index contributed by atoms with van der Waals surface area (Å²) in [4.78, 5) is 19.3. The molecular formula is C14H23N5OS. The third kappa shape index (κ3) is 3.29. The van der Waals surface area contributed by atoms with Gasteiger partial charge in [0.2, 0.25) is 0 Å². The Labute approximate surface area is 128 Å². The number of carbonyl (C=O) groups excluding carboxylic acids is 1. The van der Waals surface area contributed by atoms with Gasteiger partial charge in [0.1, 0.15) is 10.7 Å². The number of amides is 1. The van der Waals surface area contributed by atoms with Gasteiger partial charge in [-0.25, -0.2) is 4.98 Å². The number of carbonyl (C=O) groups is 1. The molecule has 1 aromatic heterocycles. The molecule has 1 aliphatic carbocycles. The van der Waals surface area contributed by atoms with E-state index < -0.39 is 0 Å². The minimum absolute atomic E-state index is 0.100. The van der Waals surface area contributed by atoms with E-state index in [9.17, 15) is 4.79 Å². The van der Waals surface area contributed by atoms with Crippen LogP contribution < -0.4 is 21.7 Å². The summed E-state index contributed by atoms with van der Waals surface area (Å²) in [5.74, 6) is 0.856. The second-order valence-corrected chi connectivity index (χ2v) is 7.14. The predicted molar refractivity (Wildman–Crippen MR) is 85.6 cm³/mol. The summed E-state index contributed by atoms with van der Waals surface area (Å²) in [6.07, 6.45) is 4.51. The molecule has 1 saturated heterocycles. The van der Waals surface area contributed by atoms with E-state index in [-0.39, 0.29) is 18.0 Å². The molecule has 2 heterocycles. The molecular weight excluding hydrogens is 286 g/mol. The molecule has 2 atom stereocenters. The number of piperidine rings is 1. The Morgan fingerprint density at radius 3 is 2.90 bits per heavy atom. The fourth-order valence-electron chi connectivity index (χ4n) is 2.79. The molecule has 1 aromatic rings. The first-order valence-electron chi connectivity index (χ1n) is 7.62. The maximum absolute atomic E-state index is 12.3. The first kappa shape index (κ1) is 14.6. The average molecular weight is 309 g/mol. The molecule has 0 radical (unpaired) electrons. The Morgan fingerprint density at radius 2 is 2.24 bits per heavy atom. The van der Waals surface area contributed by atoms with Crippen molar-refractivity contribution >= 4 is 28.2 Å². The van der Waals surface area contributed by atoms with Gasteiger partial charge in [0, 0.05) is 25.2 Å². The number of nitrogens with zero attached hydrogens (tertiary/aromatic N) is 2. The third-order valence-electron chi connectivity index (χ3n) is 4.26. The number of anilines is 2. The molecule has 3 rings (SSSR count). The van der Waals surface area contributed by atoms with E-state index in [4.69, 9.17) is 11.5 Å². The monoisotopic (exact) mass is 309 g/mol. The number of nitrogens with two attached hydrogens (primary N) is 2. The molecule has 21 heavy (non-hydrogen) atoms. The molecule has 116 valence electrons. The van der Waals surface area contributed by atoms with Gasteiger partial charge in [-0.15, -0.1) is 0 Å². The zero-order valence-electron chi connectivity index (χ0n) is 12.3. The molecule has 1 saturated carbocycles. The number of hydrogen-bond acceptors (Lipinski definition) is 6. The molecule has 2 unspecified atom stereocenters. The van der Waals surface area contributed by atoms with E-state index in [0.29, 0.717) is 16.6 Å². The molecule has 5 N–H and O–H groups in total. The Hall–Kier alpha value is -1.34. The van der Waals surface area contributed by atoms with E-state index in [2.05, 4.69) is 22.1 Å². The van der Waals surface area contributed by atoms with Crippen LogP contribution in [-0.2, 0) is 0 Å². The Bertz CT molecular complexity index is 527. The summed E-state index contributed by atoms with van der Waals surface area (Å²) in [5, 5.41) is 3.84. The third-order valence-corrected chi connectivity index (χ3v) is 5.40. The number of hydrogen-bond donors (Lipinski definition) is 3. The van der Waals surface area contributed by atoms with Gasteiger partial charge in [-0.05, 0) is 38.5 Å². The second-order valence-electron chi connectivity index (χ2n) is 6.16. The first-order valence-corrected chi connectivity index (χ1v) is 8.44. The van der Waals surface area contributed by atoms with Crippen LogP contribution >= 0.6 is 11.3 Å². The van der Waals surface area contributed by atoms with Crippen LogP contribution in [0.4, 0.5) is 10.9 Å². The molecule has 2 aliphatic rings. The van der Waals surface area contributed by atoms with Gasteiger partial charge >= 0.3 is 0 Å².